The van der Waals surface area contributed by atoms with E-state index in [1.54, 1.807) is 6.07 Å². The fraction of sp³-hybridized carbons (Fsp3) is 0.706. The Bertz CT molecular complexity index is 472. The van der Waals surface area contributed by atoms with Gasteiger partial charge in [-0.3, -0.25) is 4.79 Å². The van der Waals surface area contributed by atoms with Crippen molar-refractivity contribution in [2.45, 2.75) is 58.9 Å². The molecule has 1 atom stereocenters. The lowest BCUT2D eigenvalue weighted by Crippen LogP contribution is -2.39. The average molecular weight is 304 g/mol. The topological polar surface area (TPSA) is 58.1 Å². The van der Waals surface area contributed by atoms with Crippen molar-refractivity contribution in [3.63, 3.8) is 0 Å². The summed E-state index contributed by atoms with van der Waals surface area (Å²) in [4.78, 5) is 14.3. The standard InChI is InChI=1S/C17H28N4O/c1-4-14-7-5-6-12-21(14)16-9-8-15(19-20-16)17(22)18-11-10-13(2)3/h8-9,13-14H,4-7,10-12H2,1-3H3,(H,18,22). The molecule has 1 aromatic rings. The van der Waals surface area contributed by atoms with E-state index in [1.807, 2.05) is 6.07 Å². The summed E-state index contributed by atoms with van der Waals surface area (Å²) in [5, 5.41) is 11.3. The summed E-state index contributed by atoms with van der Waals surface area (Å²) in [5.74, 6) is 1.34. The molecule has 122 valence electrons. The van der Waals surface area contributed by atoms with Crippen molar-refractivity contribution >= 4 is 11.7 Å². The van der Waals surface area contributed by atoms with Gasteiger partial charge in [-0.05, 0) is 50.2 Å². The highest BCUT2D eigenvalue weighted by atomic mass is 16.1. The zero-order valence-electron chi connectivity index (χ0n) is 14.0. The number of aromatic nitrogens is 2. The number of rotatable bonds is 6. The molecule has 1 unspecified atom stereocenters. The first-order chi connectivity index (χ1) is 10.6. The minimum Gasteiger partial charge on any atom is -0.352 e. The van der Waals surface area contributed by atoms with Gasteiger partial charge >= 0.3 is 0 Å². The maximum Gasteiger partial charge on any atom is 0.271 e. The first-order valence-electron chi connectivity index (χ1n) is 8.50. The molecule has 0 bridgehead atoms. The van der Waals surface area contributed by atoms with Crippen LogP contribution in [0.15, 0.2) is 12.1 Å². The van der Waals surface area contributed by atoms with Crippen LogP contribution in [-0.4, -0.2) is 35.2 Å². The molecule has 1 aliphatic heterocycles. The highest BCUT2D eigenvalue weighted by Crippen LogP contribution is 2.24. The van der Waals surface area contributed by atoms with E-state index in [0.717, 1.165) is 25.2 Å². The Labute approximate surface area is 133 Å². The lowest BCUT2D eigenvalue weighted by atomic mass is 10.0. The van der Waals surface area contributed by atoms with Crippen LogP contribution < -0.4 is 10.2 Å². The molecule has 1 N–H and O–H groups in total. The minimum absolute atomic E-state index is 0.134. The molecule has 1 fully saturated rings. The second kappa shape index (κ2) is 8.11. The first-order valence-corrected chi connectivity index (χ1v) is 8.50. The monoisotopic (exact) mass is 304 g/mol. The number of hydrogen-bond donors (Lipinski definition) is 1. The Morgan fingerprint density at radius 3 is 2.82 bits per heavy atom. The lowest BCUT2D eigenvalue weighted by molar-refractivity contribution is 0.0946. The van der Waals surface area contributed by atoms with Crippen LogP contribution >= 0.6 is 0 Å². The van der Waals surface area contributed by atoms with Crippen molar-refractivity contribution in [1.29, 1.82) is 0 Å². The molecule has 5 heteroatoms. The van der Waals surface area contributed by atoms with E-state index in [9.17, 15) is 4.79 Å². The Morgan fingerprint density at radius 1 is 1.36 bits per heavy atom. The van der Waals surface area contributed by atoms with Gasteiger partial charge in [-0.1, -0.05) is 20.8 Å². The third kappa shape index (κ3) is 4.42. The number of hydrogen-bond acceptors (Lipinski definition) is 4. The van der Waals surface area contributed by atoms with E-state index < -0.39 is 0 Å². The van der Waals surface area contributed by atoms with Gasteiger partial charge in [0, 0.05) is 19.1 Å². The second-order valence-electron chi connectivity index (χ2n) is 6.47. The molecule has 0 aliphatic carbocycles. The van der Waals surface area contributed by atoms with Crippen LogP contribution in [0, 0.1) is 5.92 Å². The quantitative estimate of drug-likeness (QED) is 0.877. The molecule has 0 saturated carbocycles. The van der Waals surface area contributed by atoms with Crippen LogP contribution in [0.3, 0.4) is 0 Å². The third-order valence-corrected chi connectivity index (χ3v) is 4.28. The smallest absolute Gasteiger partial charge is 0.271 e. The van der Waals surface area contributed by atoms with Crippen molar-refractivity contribution < 1.29 is 4.79 Å². The molecule has 0 aromatic carbocycles. The number of amides is 1. The molecule has 2 rings (SSSR count). The molecule has 0 spiro atoms. The van der Waals surface area contributed by atoms with Crippen molar-refractivity contribution in [2.75, 3.05) is 18.0 Å². The summed E-state index contributed by atoms with van der Waals surface area (Å²) in [6.45, 7) is 8.22. The van der Waals surface area contributed by atoms with Crippen molar-refractivity contribution in [1.82, 2.24) is 15.5 Å². The minimum atomic E-state index is -0.134. The van der Waals surface area contributed by atoms with E-state index in [4.69, 9.17) is 0 Å². The SMILES string of the molecule is CCC1CCCCN1c1ccc(C(=O)NCCC(C)C)nn1. The van der Waals surface area contributed by atoms with Crippen LogP contribution in [0.4, 0.5) is 5.82 Å². The van der Waals surface area contributed by atoms with E-state index in [-0.39, 0.29) is 5.91 Å². The first kappa shape index (κ1) is 16.7. The summed E-state index contributed by atoms with van der Waals surface area (Å²) in [6, 6.07) is 4.26. The van der Waals surface area contributed by atoms with Gasteiger partial charge in [-0.15, -0.1) is 10.2 Å². The van der Waals surface area contributed by atoms with Crippen molar-refractivity contribution in [3.8, 4) is 0 Å². The zero-order chi connectivity index (χ0) is 15.9. The number of nitrogens with one attached hydrogen (secondary N) is 1. The van der Waals surface area contributed by atoms with Gasteiger partial charge in [0.1, 0.15) is 0 Å². The number of anilines is 1. The molecule has 1 amide bonds. The number of carbonyl (C=O) groups is 1. The molecule has 1 aliphatic rings. The molecule has 1 aromatic heterocycles. The van der Waals surface area contributed by atoms with E-state index in [0.29, 0.717) is 24.2 Å². The molecular weight excluding hydrogens is 276 g/mol. The summed E-state index contributed by atoms with van der Waals surface area (Å²) >= 11 is 0. The van der Waals surface area contributed by atoms with Gasteiger partial charge < -0.3 is 10.2 Å². The third-order valence-electron chi connectivity index (χ3n) is 4.28. The predicted octanol–water partition coefficient (Wildman–Crippen LogP) is 3.02. The van der Waals surface area contributed by atoms with Gasteiger partial charge in [-0.2, -0.15) is 0 Å². The van der Waals surface area contributed by atoms with E-state index >= 15 is 0 Å². The maximum atomic E-state index is 12.0. The summed E-state index contributed by atoms with van der Waals surface area (Å²) in [5.41, 5.74) is 0.401. The molecular formula is C17H28N4O. The largest absolute Gasteiger partial charge is 0.352 e. The summed E-state index contributed by atoms with van der Waals surface area (Å²) < 4.78 is 0. The summed E-state index contributed by atoms with van der Waals surface area (Å²) in [6.07, 6.45) is 5.81. The fourth-order valence-corrected chi connectivity index (χ4v) is 2.89. The van der Waals surface area contributed by atoms with Gasteiger partial charge in [0.05, 0.1) is 0 Å². The van der Waals surface area contributed by atoms with Gasteiger partial charge in [0.2, 0.25) is 0 Å². The van der Waals surface area contributed by atoms with Crippen LogP contribution in [0.5, 0.6) is 0 Å². The lowest BCUT2D eigenvalue weighted by Gasteiger charge is -2.35. The molecule has 22 heavy (non-hydrogen) atoms. The molecule has 0 radical (unpaired) electrons. The zero-order valence-corrected chi connectivity index (χ0v) is 14.0. The number of piperidine rings is 1. The predicted molar refractivity (Wildman–Crippen MR) is 89.1 cm³/mol. The highest BCUT2D eigenvalue weighted by molar-refractivity contribution is 5.92. The normalized spacial score (nSPS) is 18.5. The molecule has 5 nitrogen and oxygen atoms in total. The van der Waals surface area contributed by atoms with Gasteiger partial charge in [-0.25, -0.2) is 0 Å². The van der Waals surface area contributed by atoms with E-state index in [2.05, 4.69) is 41.2 Å². The van der Waals surface area contributed by atoms with E-state index in [1.165, 1.54) is 19.3 Å². The van der Waals surface area contributed by atoms with Crippen LogP contribution in [0.2, 0.25) is 0 Å². The van der Waals surface area contributed by atoms with Crippen molar-refractivity contribution in [3.05, 3.63) is 17.8 Å². The van der Waals surface area contributed by atoms with Crippen LogP contribution in [0.1, 0.15) is 63.4 Å². The molecule has 2 heterocycles. The summed E-state index contributed by atoms with van der Waals surface area (Å²) in [7, 11) is 0. The maximum absolute atomic E-state index is 12.0. The Balaban J connectivity index is 1.95. The Kier molecular flexibility index (Phi) is 6.16. The molecule has 1 saturated heterocycles. The van der Waals surface area contributed by atoms with Gasteiger partial charge in [0.25, 0.3) is 5.91 Å². The number of nitrogens with zero attached hydrogens (tertiary/aromatic N) is 3. The second-order valence-corrected chi connectivity index (χ2v) is 6.47. The highest BCUT2D eigenvalue weighted by Gasteiger charge is 2.22. The average Bonchev–Trinajstić information content (AvgIpc) is 2.54. The van der Waals surface area contributed by atoms with Crippen LogP contribution in [-0.2, 0) is 0 Å². The van der Waals surface area contributed by atoms with Crippen molar-refractivity contribution in [2.24, 2.45) is 5.92 Å². The fourth-order valence-electron chi connectivity index (χ4n) is 2.89. The van der Waals surface area contributed by atoms with Gasteiger partial charge in [0.15, 0.2) is 11.5 Å². The Hall–Kier alpha value is -1.65. The van der Waals surface area contributed by atoms with Crippen LogP contribution in [0.25, 0.3) is 0 Å². The number of carbonyl (C=O) groups excluding carboxylic acids is 1. The Morgan fingerprint density at radius 2 is 2.18 bits per heavy atom.